The first-order valence-electron chi connectivity index (χ1n) is 19.7. The predicted octanol–water partition coefficient (Wildman–Crippen LogP) is 12.9. The molecule has 0 saturated heterocycles. The van der Waals surface area contributed by atoms with Crippen LogP contribution >= 0.6 is 0 Å². The molecule has 59 heavy (non-hydrogen) atoms. The average molecular weight is 757 g/mol. The summed E-state index contributed by atoms with van der Waals surface area (Å²) in [5.74, 6) is 2.41. The monoisotopic (exact) mass is 756 g/mol. The van der Waals surface area contributed by atoms with Crippen molar-refractivity contribution in [2.45, 2.75) is 0 Å². The van der Waals surface area contributed by atoms with Crippen LogP contribution in [0.1, 0.15) is 0 Å². The van der Waals surface area contributed by atoms with Crippen molar-refractivity contribution in [3.8, 4) is 56.9 Å². The summed E-state index contributed by atoms with van der Waals surface area (Å²) in [5.41, 5.74) is 11.2. The second-order valence-electron chi connectivity index (χ2n) is 14.7. The van der Waals surface area contributed by atoms with Crippen molar-refractivity contribution in [1.29, 1.82) is 0 Å². The topological polar surface area (TPSA) is 74.6 Å². The molecule has 7 heteroatoms. The number of hydrogen-bond donors (Lipinski definition) is 0. The van der Waals surface area contributed by atoms with Crippen LogP contribution in [-0.2, 0) is 0 Å². The summed E-state index contributed by atoms with van der Waals surface area (Å²) >= 11 is 0. The minimum absolute atomic E-state index is 0.515. The smallest absolute Gasteiger partial charge is 0.238 e. The summed E-state index contributed by atoms with van der Waals surface area (Å²) in [6, 6.07) is 66.7. The Labute approximate surface area is 338 Å². The largest absolute Gasteiger partial charge is 0.455 e. The molecule has 0 N–H and O–H groups in total. The van der Waals surface area contributed by atoms with Gasteiger partial charge in [0.15, 0.2) is 11.6 Å². The fraction of sp³-hybridized carbons (Fsp3) is 0. The molecule has 8 aromatic carbocycles. The van der Waals surface area contributed by atoms with Gasteiger partial charge in [0.25, 0.3) is 0 Å². The molecule has 0 radical (unpaired) electrons. The minimum Gasteiger partial charge on any atom is -0.455 e. The first-order valence-corrected chi connectivity index (χ1v) is 19.7. The van der Waals surface area contributed by atoms with Crippen molar-refractivity contribution in [3.63, 3.8) is 0 Å². The van der Waals surface area contributed by atoms with Gasteiger partial charge >= 0.3 is 0 Å². The molecule has 0 unspecified atom stereocenters. The maximum Gasteiger partial charge on any atom is 0.238 e. The third-order valence-electron chi connectivity index (χ3n) is 11.2. The van der Waals surface area contributed by atoms with E-state index in [1.165, 1.54) is 0 Å². The Kier molecular flexibility index (Phi) is 7.40. The summed E-state index contributed by atoms with van der Waals surface area (Å²) in [4.78, 5) is 20.9. The van der Waals surface area contributed by atoms with E-state index >= 15 is 0 Å². The van der Waals surface area contributed by atoms with E-state index in [9.17, 15) is 0 Å². The van der Waals surface area contributed by atoms with Crippen LogP contribution in [0.5, 0.6) is 0 Å². The molecule has 4 aromatic heterocycles. The number of hydrogen-bond acceptors (Lipinski definition) is 5. The van der Waals surface area contributed by atoms with Crippen LogP contribution < -0.4 is 0 Å². The summed E-state index contributed by atoms with van der Waals surface area (Å²) in [6.07, 6.45) is 0. The van der Waals surface area contributed by atoms with E-state index < -0.39 is 0 Å². The fourth-order valence-electron chi connectivity index (χ4n) is 8.52. The number of fused-ring (bicyclic) bond motifs is 7. The van der Waals surface area contributed by atoms with Crippen molar-refractivity contribution in [2.24, 2.45) is 0 Å². The molecule has 0 amide bonds. The maximum atomic E-state index is 7.03. The summed E-state index contributed by atoms with van der Waals surface area (Å²) in [7, 11) is 0. The van der Waals surface area contributed by atoms with E-state index in [1.807, 2.05) is 54.6 Å². The standard InChI is InChI=1S/C52H32N6O/c1-4-16-33(17-5-1)35-30-31-38-37-22-10-12-28-44(37)58(46(38)32-35)52-55-49(34-18-6-2-7-19-34)54-50(56-52)41-25-14-23-39-40-24-15-26-42(48(40)59-47(39)41)51-53-43-27-11-13-29-45(43)57(51)36-20-8-3-9-21-36/h1-32H. The molecule has 276 valence electrons. The molecule has 4 heterocycles. The lowest BCUT2D eigenvalue weighted by Gasteiger charge is -2.11. The van der Waals surface area contributed by atoms with E-state index in [-0.39, 0.29) is 0 Å². The molecule has 0 saturated carbocycles. The lowest BCUT2D eigenvalue weighted by Crippen LogP contribution is -2.06. The normalized spacial score (nSPS) is 11.7. The summed E-state index contributed by atoms with van der Waals surface area (Å²) in [5, 5.41) is 4.20. The zero-order chi connectivity index (χ0) is 38.9. The zero-order valence-corrected chi connectivity index (χ0v) is 31.6. The number of rotatable bonds is 6. The number of aromatic nitrogens is 6. The molecule has 0 fully saturated rings. The van der Waals surface area contributed by atoms with Gasteiger partial charge in [0.1, 0.15) is 17.0 Å². The van der Waals surface area contributed by atoms with Gasteiger partial charge in [-0.15, -0.1) is 0 Å². The molecular formula is C52H32N6O. The molecule has 0 spiro atoms. The van der Waals surface area contributed by atoms with Gasteiger partial charge in [-0.1, -0.05) is 146 Å². The Morgan fingerprint density at radius 1 is 0.356 bits per heavy atom. The van der Waals surface area contributed by atoms with Gasteiger partial charge in [0.05, 0.1) is 33.2 Å². The number of nitrogens with zero attached hydrogens (tertiary/aromatic N) is 6. The highest BCUT2D eigenvalue weighted by molar-refractivity contribution is 6.13. The molecule has 12 aromatic rings. The van der Waals surface area contributed by atoms with Crippen LogP contribution in [0.25, 0.3) is 112 Å². The zero-order valence-electron chi connectivity index (χ0n) is 31.6. The molecule has 7 nitrogen and oxygen atoms in total. The van der Waals surface area contributed by atoms with Crippen LogP contribution in [0.2, 0.25) is 0 Å². The van der Waals surface area contributed by atoms with Gasteiger partial charge in [-0.25, -0.2) is 9.97 Å². The first-order chi connectivity index (χ1) is 29.3. The van der Waals surface area contributed by atoms with Gasteiger partial charge in [-0.3, -0.25) is 9.13 Å². The minimum atomic E-state index is 0.515. The van der Waals surface area contributed by atoms with E-state index in [4.69, 9.17) is 24.4 Å². The van der Waals surface area contributed by atoms with Crippen molar-refractivity contribution in [2.75, 3.05) is 0 Å². The van der Waals surface area contributed by atoms with Gasteiger partial charge in [-0.2, -0.15) is 9.97 Å². The van der Waals surface area contributed by atoms with Crippen LogP contribution in [0.3, 0.4) is 0 Å². The highest BCUT2D eigenvalue weighted by atomic mass is 16.3. The maximum absolute atomic E-state index is 7.03. The van der Waals surface area contributed by atoms with E-state index in [2.05, 4.69) is 149 Å². The molecular weight excluding hydrogens is 725 g/mol. The Hall–Kier alpha value is -8.16. The van der Waals surface area contributed by atoms with Crippen molar-refractivity contribution < 1.29 is 4.42 Å². The van der Waals surface area contributed by atoms with Crippen molar-refractivity contribution in [1.82, 2.24) is 29.1 Å². The second kappa shape index (κ2) is 13.2. The van der Waals surface area contributed by atoms with E-state index in [0.29, 0.717) is 23.2 Å². The van der Waals surface area contributed by atoms with Crippen molar-refractivity contribution in [3.05, 3.63) is 194 Å². The summed E-state index contributed by atoms with van der Waals surface area (Å²) < 4.78 is 11.4. The van der Waals surface area contributed by atoms with Gasteiger partial charge in [0.2, 0.25) is 5.95 Å². The molecule has 0 aliphatic rings. The summed E-state index contributed by atoms with van der Waals surface area (Å²) in [6.45, 7) is 0. The lowest BCUT2D eigenvalue weighted by molar-refractivity contribution is 0.670. The van der Waals surface area contributed by atoms with Crippen molar-refractivity contribution >= 4 is 54.8 Å². The molecule has 0 aliphatic carbocycles. The van der Waals surface area contributed by atoms with Gasteiger partial charge < -0.3 is 4.42 Å². The number of furan rings is 1. The fourth-order valence-corrected chi connectivity index (χ4v) is 8.52. The van der Waals surface area contributed by atoms with Crippen LogP contribution in [-0.4, -0.2) is 29.1 Å². The average Bonchev–Trinajstić information content (AvgIpc) is 3.99. The van der Waals surface area contributed by atoms with Crippen LogP contribution in [0.15, 0.2) is 199 Å². The Balaban J connectivity index is 1.11. The SMILES string of the molecule is c1ccc(-c2ccc3c4ccccc4n(-c4nc(-c5ccccc5)nc(-c5cccc6c5oc5c(-c7nc8ccccc8n7-c7ccccc7)cccc56)n4)c3c2)cc1. The third-order valence-corrected chi connectivity index (χ3v) is 11.2. The van der Waals surface area contributed by atoms with E-state index in [0.717, 1.165) is 88.5 Å². The molecule has 0 bridgehead atoms. The first kappa shape index (κ1) is 33.0. The van der Waals surface area contributed by atoms with Crippen LogP contribution in [0.4, 0.5) is 0 Å². The van der Waals surface area contributed by atoms with Crippen LogP contribution in [0, 0.1) is 0 Å². The Morgan fingerprint density at radius 3 is 1.73 bits per heavy atom. The quantitative estimate of drug-likeness (QED) is 0.169. The number of imidazole rings is 1. The Morgan fingerprint density at radius 2 is 0.949 bits per heavy atom. The van der Waals surface area contributed by atoms with Gasteiger partial charge in [0, 0.05) is 32.8 Å². The lowest BCUT2D eigenvalue weighted by atomic mass is 10.0. The number of para-hydroxylation sites is 6. The number of benzene rings is 8. The highest BCUT2D eigenvalue weighted by Gasteiger charge is 2.23. The molecule has 0 atom stereocenters. The van der Waals surface area contributed by atoms with Gasteiger partial charge in [-0.05, 0) is 59.7 Å². The Bertz CT molecular complexity index is 3550. The third kappa shape index (κ3) is 5.29. The highest BCUT2D eigenvalue weighted by Crippen LogP contribution is 2.41. The molecule has 0 aliphatic heterocycles. The van der Waals surface area contributed by atoms with E-state index in [1.54, 1.807) is 0 Å². The predicted molar refractivity (Wildman–Crippen MR) is 238 cm³/mol. The second-order valence-corrected chi connectivity index (χ2v) is 14.7. The molecule has 12 rings (SSSR count).